The Morgan fingerprint density at radius 1 is 1.25 bits per heavy atom. The summed E-state index contributed by atoms with van der Waals surface area (Å²) >= 11 is 0. The van der Waals surface area contributed by atoms with E-state index in [-0.39, 0.29) is 12.5 Å². The van der Waals surface area contributed by atoms with E-state index in [4.69, 9.17) is 14.7 Å². The molecule has 1 aromatic carbocycles. The van der Waals surface area contributed by atoms with Crippen molar-refractivity contribution in [2.45, 2.75) is 33.0 Å². The van der Waals surface area contributed by atoms with Crippen LogP contribution in [0.15, 0.2) is 30.3 Å². The van der Waals surface area contributed by atoms with Crippen LogP contribution < -0.4 is 5.48 Å². The average Bonchev–Trinajstić information content (AvgIpc) is 2.41. The van der Waals surface area contributed by atoms with E-state index in [9.17, 15) is 9.59 Å². The highest BCUT2D eigenvalue weighted by molar-refractivity contribution is 5.73. The quantitative estimate of drug-likeness (QED) is 0.749. The molecule has 6 heteroatoms. The molecule has 0 bridgehead atoms. The molecule has 0 unspecified atom stereocenters. The number of hydrogen-bond acceptors (Lipinski definition) is 4. The Hall–Kier alpha value is -2.08. The van der Waals surface area contributed by atoms with Crippen molar-refractivity contribution in [1.29, 1.82) is 0 Å². The smallest absolute Gasteiger partial charge is 0.431 e. The SMILES string of the molecule is CC(C)C[C@@H](ONC(=O)OCc1ccccc1)C(=O)O. The molecule has 0 saturated carbocycles. The summed E-state index contributed by atoms with van der Waals surface area (Å²) in [5, 5.41) is 8.93. The Labute approximate surface area is 117 Å². The largest absolute Gasteiger partial charge is 0.479 e. The number of carbonyl (C=O) groups excluding carboxylic acids is 1. The van der Waals surface area contributed by atoms with E-state index in [1.54, 1.807) is 0 Å². The van der Waals surface area contributed by atoms with Gasteiger partial charge in [-0.2, -0.15) is 5.48 Å². The zero-order chi connectivity index (χ0) is 15.0. The van der Waals surface area contributed by atoms with E-state index in [1.807, 2.05) is 49.7 Å². The van der Waals surface area contributed by atoms with Gasteiger partial charge in [-0.25, -0.2) is 9.59 Å². The molecule has 0 radical (unpaired) electrons. The highest BCUT2D eigenvalue weighted by Crippen LogP contribution is 2.07. The van der Waals surface area contributed by atoms with Crippen molar-refractivity contribution in [1.82, 2.24) is 5.48 Å². The molecule has 20 heavy (non-hydrogen) atoms. The van der Waals surface area contributed by atoms with Gasteiger partial charge in [0.2, 0.25) is 0 Å². The lowest BCUT2D eigenvalue weighted by atomic mass is 10.1. The second kappa shape index (κ2) is 8.16. The van der Waals surface area contributed by atoms with E-state index in [2.05, 4.69) is 0 Å². The summed E-state index contributed by atoms with van der Waals surface area (Å²) < 4.78 is 4.90. The number of hydrogen-bond donors (Lipinski definition) is 2. The predicted octanol–water partition coefficient (Wildman–Crippen LogP) is 2.34. The van der Waals surface area contributed by atoms with Crippen molar-refractivity contribution < 1.29 is 24.3 Å². The van der Waals surface area contributed by atoms with Crippen LogP contribution >= 0.6 is 0 Å². The molecule has 2 N–H and O–H groups in total. The number of carboxylic acid groups (broad SMARTS) is 1. The molecule has 0 heterocycles. The Morgan fingerprint density at radius 2 is 1.90 bits per heavy atom. The minimum atomic E-state index is -1.12. The normalized spacial score (nSPS) is 11.9. The molecule has 6 nitrogen and oxygen atoms in total. The predicted molar refractivity (Wildman–Crippen MR) is 71.7 cm³/mol. The third-order valence-electron chi connectivity index (χ3n) is 2.46. The van der Waals surface area contributed by atoms with Crippen molar-refractivity contribution in [3.05, 3.63) is 35.9 Å². The number of carbonyl (C=O) groups is 2. The van der Waals surface area contributed by atoms with Crippen LogP contribution in [0.3, 0.4) is 0 Å². The number of rotatable bonds is 7. The van der Waals surface area contributed by atoms with Crippen molar-refractivity contribution in [2.75, 3.05) is 0 Å². The maximum Gasteiger partial charge on any atom is 0.431 e. The van der Waals surface area contributed by atoms with Crippen LogP contribution in [0.5, 0.6) is 0 Å². The van der Waals surface area contributed by atoms with Crippen LogP contribution in [0.4, 0.5) is 4.79 Å². The summed E-state index contributed by atoms with van der Waals surface area (Å²) in [5.74, 6) is -0.986. The number of ether oxygens (including phenoxy) is 1. The fraction of sp³-hybridized carbons (Fsp3) is 0.429. The summed E-state index contributed by atoms with van der Waals surface area (Å²) in [4.78, 5) is 27.1. The average molecular weight is 281 g/mol. The van der Waals surface area contributed by atoms with Gasteiger partial charge in [0.05, 0.1) is 0 Å². The van der Waals surface area contributed by atoms with Crippen LogP contribution in [-0.4, -0.2) is 23.3 Å². The third kappa shape index (κ3) is 6.19. The van der Waals surface area contributed by atoms with Crippen molar-refractivity contribution >= 4 is 12.1 Å². The van der Waals surface area contributed by atoms with E-state index < -0.39 is 18.2 Å². The molecule has 1 amide bonds. The minimum Gasteiger partial charge on any atom is -0.479 e. The van der Waals surface area contributed by atoms with Crippen molar-refractivity contribution in [3.8, 4) is 0 Å². The standard InChI is InChI=1S/C14H19NO5/c1-10(2)8-12(13(16)17)20-15-14(18)19-9-11-6-4-3-5-7-11/h3-7,10,12H,8-9H2,1-2H3,(H,15,18)(H,16,17)/t12-/m1/s1. The van der Waals surface area contributed by atoms with Gasteiger partial charge in [-0.3, -0.25) is 4.84 Å². The van der Waals surface area contributed by atoms with Crippen LogP contribution in [-0.2, 0) is 21.0 Å². The molecule has 0 aliphatic rings. The molecule has 1 rings (SSSR count). The topological polar surface area (TPSA) is 84.9 Å². The summed E-state index contributed by atoms with van der Waals surface area (Å²) in [5.41, 5.74) is 2.83. The number of benzene rings is 1. The Kier molecular flexibility index (Phi) is 6.52. The first kappa shape index (κ1) is 16.0. The number of hydroxylamine groups is 1. The highest BCUT2D eigenvalue weighted by atomic mass is 16.7. The second-order valence-electron chi connectivity index (χ2n) is 4.74. The Balaban J connectivity index is 2.32. The number of nitrogens with one attached hydrogen (secondary N) is 1. The molecule has 1 atom stereocenters. The first-order valence-corrected chi connectivity index (χ1v) is 6.34. The lowest BCUT2D eigenvalue weighted by molar-refractivity contribution is -0.156. The summed E-state index contributed by atoms with van der Waals surface area (Å²) in [6.45, 7) is 3.83. The van der Waals surface area contributed by atoms with E-state index in [1.165, 1.54) is 0 Å². The van der Waals surface area contributed by atoms with Crippen molar-refractivity contribution in [2.24, 2.45) is 5.92 Å². The number of carboxylic acids is 1. The van der Waals surface area contributed by atoms with Gasteiger partial charge < -0.3 is 9.84 Å². The van der Waals surface area contributed by atoms with Gasteiger partial charge in [0.1, 0.15) is 6.61 Å². The molecule has 0 saturated heterocycles. The fourth-order valence-electron chi connectivity index (χ4n) is 1.50. The summed E-state index contributed by atoms with van der Waals surface area (Å²) in [6.07, 6.45) is -1.60. The molecule has 0 aliphatic heterocycles. The maximum atomic E-state index is 11.4. The van der Waals surface area contributed by atoms with Crippen LogP contribution in [0.2, 0.25) is 0 Å². The van der Waals surface area contributed by atoms with Gasteiger partial charge in [0.15, 0.2) is 6.10 Å². The molecular weight excluding hydrogens is 262 g/mol. The zero-order valence-corrected chi connectivity index (χ0v) is 11.5. The number of aliphatic carboxylic acids is 1. The molecule has 110 valence electrons. The molecular formula is C14H19NO5. The first-order valence-electron chi connectivity index (χ1n) is 6.34. The van der Waals surface area contributed by atoms with Gasteiger partial charge >= 0.3 is 12.1 Å². The Bertz CT molecular complexity index is 432. The van der Waals surface area contributed by atoms with Gasteiger partial charge in [-0.1, -0.05) is 44.2 Å². The monoisotopic (exact) mass is 281 g/mol. The van der Waals surface area contributed by atoms with E-state index in [0.29, 0.717) is 6.42 Å². The molecule has 0 aromatic heterocycles. The van der Waals surface area contributed by atoms with Gasteiger partial charge in [-0.15, -0.1) is 0 Å². The van der Waals surface area contributed by atoms with Gasteiger partial charge in [0.25, 0.3) is 0 Å². The summed E-state index contributed by atoms with van der Waals surface area (Å²) in [7, 11) is 0. The van der Waals surface area contributed by atoms with E-state index in [0.717, 1.165) is 5.56 Å². The highest BCUT2D eigenvalue weighted by Gasteiger charge is 2.21. The summed E-state index contributed by atoms with van der Waals surface area (Å²) in [6, 6.07) is 9.14. The van der Waals surface area contributed by atoms with Crippen LogP contribution in [0.25, 0.3) is 0 Å². The molecule has 0 spiro atoms. The zero-order valence-electron chi connectivity index (χ0n) is 11.5. The molecule has 0 aliphatic carbocycles. The maximum absolute atomic E-state index is 11.4. The molecule has 0 fully saturated rings. The molecule has 1 aromatic rings. The second-order valence-corrected chi connectivity index (χ2v) is 4.74. The van der Waals surface area contributed by atoms with Crippen LogP contribution in [0, 0.1) is 5.92 Å². The first-order chi connectivity index (χ1) is 9.49. The van der Waals surface area contributed by atoms with Crippen molar-refractivity contribution in [3.63, 3.8) is 0 Å². The van der Waals surface area contributed by atoms with Gasteiger partial charge in [0, 0.05) is 0 Å². The Morgan fingerprint density at radius 3 is 2.45 bits per heavy atom. The number of amides is 1. The lowest BCUT2D eigenvalue weighted by Crippen LogP contribution is -2.35. The lowest BCUT2D eigenvalue weighted by Gasteiger charge is -2.15. The van der Waals surface area contributed by atoms with E-state index >= 15 is 0 Å². The van der Waals surface area contributed by atoms with Gasteiger partial charge in [-0.05, 0) is 17.9 Å². The minimum absolute atomic E-state index is 0.0952. The van der Waals surface area contributed by atoms with Crippen LogP contribution in [0.1, 0.15) is 25.8 Å². The third-order valence-corrected chi connectivity index (χ3v) is 2.46. The fourth-order valence-corrected chi connectivity index (χ4v) is 1.50.